The van der Waals surface area contributed by atoms with Crippen molar-refractivity contribution >= 4 is 40.7 Å². The number of nitrogens with zero attached hydrogens (tertiary/aromatic N) is 2. The summed E-state index contributed by atoms with van der Waals surface area (Å²) in [7, 11) is 0. The molecule has 0 unspecified atom stereocenters. The highest BCUT2D eigenvalue weighted by Crippen LogP contribution is 2.45. The molecule has 2 aromatic carbocycles. The molecule has 0 radical (unpaired) electrons. The minimum atomic E-state index is -1.03. The second kappa shape index (κ2) is 14.3. The molecule has 7 rings (SSSR count). The molecular formula is C41H46N4O6. The Hall–Kier alpha value is -4.99. The Morgan fingerprint density at radius 3 is 2.69 bits per heavy atom. The summed E-state index contributed by atoms with van der Waals surface area (Å²) in [5.41, 5.74) is 2.36. The zero-order chi connectivity index (χ0) is 35.7. The van der Waals surface area contributed by atoms with E-state index in [1.165, 1.54) is 11.8 Å². The fourth-order valence-corrected chi connectivity index (χ4v) is 7.97. The Balaban J connectivity index is 1.30. The normalized spacial score (nSPS) is 29.3. The number of rotatable bonds is 8. The zero-order valence-corrected chi connectivity index (χ0v) is 29.3. The van der Waals surface area contributed by atoms with Gasteiger partial charge in [0.25, 0.3) is 0 Å². The first kappa shape index (κ1) is 34.5. The summed E-state index contributed by atoms with van der Waals surface area (Å²) in [5, 5.41) is 6.67. The molecule has 3 fully saturated rings. The molecular weight excluding hydrogens is 644 g/mol. The average Bonchev–Trinajstić information content (AvgIpc) is 3.42. The first-order chi connectivity index (χ1) is 24.7. The van der Waals surface area contributed by atoms with Gasteiger partial charge in [0.15, 0.2) is 5.78 Å². The van der Waals surface area contributed by atoms with Crippen LogP contribution in [-0.4, -0.2) is 70.0 Å². The van der Waals surface area contributed by atoms with E-state index in [0.29, 0.717) is 25.0 Å². The van der Waals surface area contributed by atoms with Crippen LogP contribution in [-0.2, 0) is 19.1 Å². The van der Waals surface area contributed by atoms with Crippen molar-refractivity contribution in [2.45, 2.75) is 95.0 Å². The molecule has 3 amide bonds. The van der Waals surface area contributed by atoms with Crippen molar-refractivity contribution in [3.63, 3.8) is 0 Å². The van der Waals surface area contributed by atoms with Gasteiger partial charge in [-0.1, -0.05) is 74.4 Å². The molecule has 266 valence electrons. The Labute approximate surface area is 298 Å². The number of amides is 3. The molecule has 1 saturated heterocycles. The van der Waals surface area contributed by atoms with Crippen molar-refractivity contribution in [2.24, 2.45) is 11.8 Å². The highest BCUT2D eigenvalue weighted by atomic mass is 16.6. The fourth-order valence-electron chi connectivity index (χ4n) is 7.97. The van der Waals surface area contributed by atoms with E-state index < -0.39 is 35.7 Å². The summed E-state index contributed by atoms with van der Waals surface area (Å²) in [4.78, 5) is 61.2. The van der Waals surface area contributed by atoms with Crippen LogP contribution in [0.3, 0.4) is 0 Å². The van der Waals surface area contributed by atoms with Gasteiger partial charge in [0.1, 0.15) is 35.6 Å². The maximum Gasteiger partial charge on any atom is 0.408 e. The highest BCUT2D eigenvalue weighted by Gasteiger charge is 2.58. The molecule has 2 aliphatic carbocycles. The molecule has 2 N–H and O–H groups in total. The van der Waals surface area contributed by atoms with Crippen LogP contribution in [0.2, 0.25) is 0 Å². The molecule has 0 spiro atoms. The Morgan fingerprint density at radius 2 is 1.94 bits per heavy atom. The quantitative estimate of drug-likeness (QED) is 0.263. The van der Waals surface area contributed by atoms with Gasteiger partial charge in [-0.15, -0.1) is 6.58 Å². The van der Waals surface area contributed by atoms with Gasteiger partial charge in [0.05, 0.1) is 17.8 Å². The van der Waals surface area contributed by atoms with E-state index in [0.717, 1.165) is 53.4 Å². The van der Waals surface area contributed by atoms with E-state index in [9.17, 15) is 19.2 Å². The number of nitrogens with one attached hydrogen (secondary N) is 2. The van der Waals surface area contributed by atoms with Crippen LogP contribution in [0.4, 0.5) is 4.79 Å². The summed E-state index contributed by atoms with van der Waals surface area (Å²) in [6.45, 7) is 7.45. The van der Waals surface area contributed by atoms with Gasteiger partial charge >= 0.3 is 6.09 Å². The number of benzene rings is 2. The van der Waals surface area contributed by atoms with Gasteiger partial charge in [-0.3, -0.25) is 14.4 Å². The number of alkyl carbamates (subject to hydrolysis) is 1. The van der Waals surface area contributed by atoms with Gasteiger partial charge in [-0.25, -0.2) is 9.78 Å². The van der Waals surface area contributed by atoms with Crippen LogP contribution in [0.25, 0.3) is 28.2 Å². The Morgan fingerprint density at radius 1 is 1.12 bits per heavy atom. The van der Waals surface area contributed by atoms with Crippen LogP contribution in [0.15, 0.2) is 73.3 Å². The molecule has 4 aliphatic rings. The molecule has 2 saturated carbocycles. The zero-order valence-electron chi connectivity index (χ0n) is 29.3. The van der Waals surface area contributed by atoms with Crippen molar-refractivity contribution in [1.82, 2.24) is 20.5 Å². The summed E-state index contributed by atoms with van der Waals surface area (Å²) in [5.74, 6) is -0.494. The Bertz CT molecular complexity index is 1880. The summed E-state index contributed by atoms with van der Waals surface area (Å²) >= 11 is 0. The second-order valence-electron chi connectivity index (χ2n) is 14.4. The standard InChI is InChI=1S/C41H46N4O6/c1-4-6-14-33-39(48)45-24-30(21-35(45)38(47)44-41(25(3)46)23-29(41)5-2)50-37-22-34(27-11-8-7-9-12-27)42-32-19-17-26(20-31(32)37)16-18-28-13-10-15-36(28)51-40(49)43-33/h5,7-9,11-12,16-20,22,28-30,33,35-36H,2,4,6,10,13-15,21,23-24H2,1,3H3,(H,43,49)(H,44,47)/b18-16-/t28-,29-,30-,33+,35+,36+,41+/m1/s1. The molecule has 3 heterocycles. The van der Waals surface area contributed by atoms with Crippen LogP contribution in [0.1, 0.15) is 70.8 Å². The first-order valence-electron chi connectivity index (χ1n) is 18.3. The summed E-state index contributed by atoms with van der Waals surface area (Å²) < 4.78 is 12.8. The highest BCUT2D eigenvalue weighted by molar-refractivity contribution is 5.98. The SMILES string of the molecule is C=C[C@@H]1C[C@]1(NC(=O)[C@@H]1C[C@@H]2CN1C(=O)[C@H](CCCC)NC(=O)O[C@H]1CCC[C@@H]1/C=C\c1ccc3nc(-c4ccccc4)cc(c3c1)O2)C(C)=O. The van der Waals surface area contributed by atoms with Gasteiger partial charge in [-0.2, -0.15) is 0 Å². The second-order valence-corrected chi connectivity index (χ2v) is 14.4. The number of carbonyl (C=O) groups is 4. The number of carbonyl (C=O) groups excluding carboxylic acids is 4. The van der Waals surface area contributed by atoms with E-state index in [1.807, 2.05) is 61.5 Å². The van der Waals surface area contributed by atoms with Gasteiger partial charge in [0.2, 0.25) is 11.8 Å². The van der Waals surface area contributed by atoms with Crippen LogP contribution in [0, 0.1) is 11.8 Å². The third-order valence-corrected chi connectivity index (χ3v) is 11.0. The van der Waals surface area contributed by atoms with Crippen molar-refractivity contribution in [1.29, 1.82) is 0 Å². The molecule has 7 atom stereocenters. The van der Waals surface area contributed by atoms with E-state index in [2.05, 4.69) is 29.4 Å². The summed E-state index contributed by atoms with van der Waals surface area (Å²) in [6.07, 6.45) is 9.45. The van der Waals surface area contributed by atoms with Gasteiger partial charge in [-0.05, 0) is 56.7 Å². The average molecular weight is 691 g/mol. The van der Waals surface area contributed by atoms with Crippen LogP contribution in [0.5, 0.6) is 5.75 Å². The molecule has 2 aliphatic heterocycles. The van der Waals surface area contributed by atoms with E-state index >= 15 is 0 Å². The molecule has 10 heteroatoms. The maximum atomic E-state index is 14.5. The van der Waals surface area contributed by atoms with Gasteiger partial charge < -0.3 is 25.0 Å². The van der Waals surface area contributed by atoms with Crippen molar-refractivity contribution in [2.75, 3.05) is 6.54 Å². The third kappa shape index (κ3) is 7.01. The largest absolute Gasteiger partial charge is 0.488 e. The van der Waals surface area contributed by atoms with Crippen molar-refractivity contribution < 1.29 is 28.7 Å². The van der Waals surface area contributed by atoms with E-state index in [1.54, 1.807) is 6.08 Å². The summed E-state index contributed by atoms with van der Waals surface area (Å²) in [6, 6.07) is 16.0. The minimum absolute atomic E-state index is 0.0319. The Kier molecular flexibility index (Phi) is 9.68. The lowest BCUT2D eigenvalue weighted by atomic mass is 10.0. The smallest absolute Gasteiger partial charge is 0.408 e. The lowest BCUT2D eigenvalue weighted by molar-refractivity contribution is -0.141. The predicted octanol–water partition coefficient (Wildman–Crippen LogP) is 6.38. The van der Waals surface area contributed by atoms with E-state index in [-0.39, 0.29) is 42.6 Å². The number of Topliss-reactive ketones (excluding diaryl/α,β-unsaturated/α-hetero) is 1. The maximum absolute atomic E-state index is 14.5. The molecule has 10 nitrogen and oxygen atoms in total. The number of hydrogen-bond acceptors (Lipinski definition) is 7. The lowest BCUT2D eigenvalue weighted by Crippen LogP contribution is -2.56. The number of ether oxygens (including phenoxy) is 2. The monoisotopic (exact) mass is 690 g/mol. The van der Waals surface area contributed by atoms with Crippen molar-refractivity contribution in [3.8, 4) is 17.0 Å². The van der Waals surface area contributed by atoms with E-state index in [4.69, 9.17) is 14.5 Å². The van der Waals surface area contributed by atoms with Crippen LogP contribution >= 0.6 is 0 Å². The third-order valence-electron chi connectivity index (χ3n) is 11.0. The van der Waals surface area contributed by atoms with Crippen LogP contribution < -0.4 is 15.4 Å². The lowest BCUT2D eigenvalue weighted by Gasteiger charge is -2.30. The topological polar surface area (TPSA) is 127 Å². The van der Waals surface area contributed by atoms with Crippen molar-refractivity contribution in [3.05, 3.63) is 78.9 Å². The number of aromatic nitrogens is 1. The number of pyridine rings is 1. The fraction of sp³-hybridized carbons (Fsp3) is 0.439. The molecule has 1 aromatic heterocycles. The number of hydrogen-bond donors (Lipinski definition) is 2. The predicted molar refractivity (Wildman–Crippen MR) is 195 cm³/mol. The molecule has 4 bridgehead atoms. The molecule has 3 aromatic rings. The van der Waals surface area contributed by atoms with Gasteiger partial charge in [0, 0.05) is 35.3 Å². The minimum Gasteiger partial charge on any atom is -0.488 e. The number of unbranched alkanes of at least 4 members (excludes halogenated alkanes) is 1. The first-order valence-corrected chi connectivity index (χ1v) is 18.3. The number of fused-ring (bicyclic) bond motifs is 4. The number of ketones is 1. The molecule has 51 heavy (non-hydrogen) atoms.